The minimum absolute atomic E-state index is 0.0289. The standard InChI is InChI=1S/C26H28N2O4S/c1-3-32-22-12-14-23(15-13-22)33(30,31)28-17-16-20-6-4-5-7-24(20)25(28)18-26(29)27-21-10-8-19(2)9-11-21/h4-15,25H,3,16-18H2,1-2H3,(H,27,29)/t25-/m1/s1. The maximum absolute atomic E-state index is 13.6. The molecule has 0 bridgehead atoms. The zero-order valence-electron chi connectivity index (χ0n) is 18.8. The smallest absolute Gasteiger partial charge is 0.243 e. The van der Waals surface area contributed by atoms with Crippen LogP contribution in [0.3, 0.4) is 0 Å². The summed E-state index contributed by atoms with van der Waals surface area (Å²) in [5.41, 5.74) is 3.73. The Bertz CT molecular complexity index is 1220. The largest absolute Gasteiger partial charge is 0.494 e. The van der Waals surface area contributed by atoms with Crippen molar-refractivity contribution in [2.75, 3.05) is 18.5 Å². The first-order valence-electron chi connectivity index (χ1n) is 11.1. The van der Waals surface area contributed by atoms with E-state index in [0.717, 1.165) is 16.7 Å². The van der Waals surface area contributed by atoms with Gasteiger partial charge in [0.05, 0.1) is 17.5 Å². The van der Waals surface area contributed by atoms with Gasteiger partial charge in [0.2, 0.25) is 15.9 Å². The molecule has 1 amide bonds. The third-order valence-corrected chi connectivity index (χ3v) is 7.74. The van der Waals surface area contributed by atoms with E-state index in [0.29, 0.717) is 31.0 Å². The van der Waals surface area contributed by atoms with Crippen LogP contribution in [-0.4, -0.2) is 31.8 Å². The number of carbonyl (C=O) groups excluding carboxylic acids is 1. The van der Waals surface area contributed by atoms with E-state index in [1.807, 2.05) is 62.4 Å². The van der Waals surface area contributed by atoms with Crippen LogP contribution in [-0.2, 0) is 21.2 Å². The highest BCUT2D eigenvalue weighted by molar-refractivity contribution is 7.89. The summed E-state index contributed by atoms with van der Waals surface area (Å²) in [6, 6.07) is 21.1. The van der Waals surface area contributed by atoms with E-state index in [4.69, 9.17) is 4.74 Å². The van der Waals surface area contributed by atoms with E-state index >= 15 is 0 Å². The number of nitrogens with one attached hydrogen (secondary N) is 1. The number of anilines is 1. The molecule has 3 aromatic carbocycles. The highest BCUT2D eigenvalue weighted by atomic mass is 32.2. The summed E-state index contributed by atoms with van der Waals surface area (Å²) in [5.74, 6) is 0.391. The fourth-order valence-corrected chi connectivity index (χ4v) is 5.77. The van der Waals surface area contributed by atoms with Crippen molar-refractivity contribution in [2.45, 2.75) is 37.6 Å². The fraction of sp³-hybridized carbons (Fsp3) is 0.269. The molecule has 0 saturated carbocycles. The summed E-state index contributed by atoms with van der Waals surface area (Å²) in [4.78, 5) is 13.1. The van der Waals surface area contributed by atoms with Crippen molar-refractivity contribution in [3.8, 4) is 5.75 Å². The van der Waals surface area contributed by atoms with Crippen molar-refractivity contribution in [1.29, 1.82) is 0 Å². The maximum Gasteiger partial charge on any atom is 0.243 e. The second-order valence-corrected chi connectivity index (χ2v) is 9.99. The van der Waals surface area contributed by atoms with Crippen LogP contribution >= 0.6 is 0 Å². The lowest BCUT2D eigenvalue weighted by molar-refractivity contribution is -0.117. The first-order chi connectivity index (χ1) is 15.9. The Morgan fingerprint density at radius 1 is 1.03 bits per heavy atom. The highest BCUT2D eigenvalue weighted by Gasteiger charge is 2.37. The predicted molar refractivity (Wildman–Crippen MR) is 129 cm³/mol. The molecule has 172 valence electrons. The SMILES string of the molecule is CCOc1ccc(S(=O)(=O)N2CCc3ccccc3[C@H]2CC(=O)Nc2ccc(C)cc2)cc1. The van der Waals surface area contributed by atoms with Crippen LogP contribution < -0.4 is 10.1 Å². The fourth-order valence-electron chi connectivity index (χ4n) is 4.16. The van der Waals surface area contributed by atoms with Gasteiger partial charge in [-0.3, -0.25) is 4.79 Å². The van der Waals surface area contributed by atoms with Gasteiger partial charge in [0, 0.05) is 18.7 Å². The summed E-state index contributed by atoms with van der Waals surface area (Å²) in [6.45, 7) is 4.68. The second-order valence-electron chi connectivity index (χ2n) is 8.10. The number of carbonyl (C=O) groups is 1. The van der Waals surface area contributed by atoms with Crippen molar-refractivity contribution >= 4 is 21.6 Å². The van der Waals surface area contributed by atoms with Crippen molar-refractivity contribution in [2.24, 2.45) is 0 Å². The van der Waals surface area contributed by atoms with Gasteiger partial charge in [-0.1, -0.05) is 42.0 Å². The summed E-state index contributed by atoms with van der Waals surface area (Å²) < 4.78 is 34.1. The third-order valence-electron chi connectivity index (χ3n) is 5.82. The molecule has 3 aromatic rings. The number of hydrogen-bond donors (Lipinski definition) is 1. The molecule has 0 unspecified atom stereocenters. The lowest BCUT2D eigenvalue weighted by Gasteiger charge is -2.36. The van der Waals surface area contributed by atoms with Gasteiger partial charge < -0.3 is 10.1 Å². The molecule has 1 atom stereocenters. The number of fused-ring (bicyclic) bond motifs is 1. The van der Waals surface area contributed by atoms with Gasteiger partial charge in [0.1, 0.15) is 5.75 Å². The maximum atomic E-state index is 13.6. The number of amides is 1. The summed E-state index contributed by atoms with van der Waals surface area (Å²) in [6.07, 6.45) is 0.629. The molecule has 0 fully saturated rings. The highest BCUT2D eigenvalue weighted by Crippen LogP contribution is 2.36. The van der Waals surface area contributed by atoms with Gasteiger partial charge in [-0.05, 0) is 67.8 Å². The van der Waals surface area contributed by atoms with Crippen LogP contribution in [0.25, 0.3) is 0 Å². The molecule has 1 aliphatic rings. The predicted octanol–water partition coefficient (Wildman–Crippen LogP) is 4.71. The quantitative estimate of drug-likeness (QED) is 0.549. The van der Waals surface area contributed by atoms with E-state index in [-0.39, 0.29) is 17.2 Å². The van der Waals surface area contributed by atoms with Crippen molar-refractivity contribution in [3.05, 3.63) is 89.5 Å². The van der Waals surface area contributed by atoms with Crippen molar-refractivity contribution in [1.82, 2.24) is 4.31 Å². The number of benzene rings is 3. The molecule has 0 radical (unpaired) electrons. The number of sulfonamides is 1. The molecule has 1 N–H and O–H groups in total. The first kappa shape index (κ1) is 23.0. The van der Waals surface area contributed by atoms with E-state index in [9.17, 15) is 13.2 Å². The zero-order valence-corrected chi connectivity index (χ0v) is 19.6. The Kier molecular flexibility index (Phi) is 6.81. The Hall–Kier alpha value is -3.16. The number of hydrogen-bond acceptors (Lipinski definition) is 4. The van der Waals surface area contributed by atoms with E-state index in [2.05, 4.69) is 5.32 Å². The topological polar surface area (TPSA) is 75.7 Å². The molecule has 7 heteroatoms. The number of rotatable bonds is 7. The van der Waals surface area contributed by atoms with Crippen LogP contribution in [0.1, 0.15) is 36.1 Å². The average Bonchev–Trinajstić information content (AvgIpc) is 2.81. The van der Waals surface area contributed by atoms with E-state index in [1.165, 1.54) is 4.31 Å². The summed E-state index contributed by atoms with van der Waals surface area (Å²) in [7, 11) is -3.81. The molecule has 4 rings (SSSR count). The number of nitrogens with zero attached hydrogens (tertiary/aromatic N) is 1. The minimum Gasteiger partial charge on any atom is -0.494 e. The average molecular weight is 465 g/mol. The first-order valence-corrected chi connectivity index (χ1v) is 12.5. The van der Waals surface area contributed by atoms with Gasteiger partial charge in [0.25, 0.3) is 0 Å². The second kappa shape index (κ2) is 9.77. The molecular weight excluding hydrogens is 436 g/mol. The monoisotopic (exact) mass is 464 g/mol. The zero-order chi connectivity index (χ0) is 23.4. The minimum atomic E-state index is -3.81. The molecule has 33 heavy (non-hydrogen) atoms. The number of aryl methyl sites for hydroxylation is 1. The molecule has 0 aromatic heterocycles. The van der Waals surface area contributed by atoms with E-state index < -0.39 is 16.1 Å². The van der Waals surface area contributed by atoms with Gasteiger partial charge in [-0.15, -0.1) is 0 Å². The van der Waals surface area contributed by atoms with Crippen LogP contribution in [0, 0.1) is 6.92 Å². The van der Waals surface area contributed by atoms with Crippen LogP contribution in [0.5, 0.6) is 5.75 Å². The molecular formula is C26H28N2O4S. The molecule has 0 aliphatic carbocycles. The normalized spacial score (nSPS) is 16.1. The van der Waals surface area contributed by atoms with Crippen molar-refractivity contribution in [3.63, 3.8) is 0 Å². The Labute approximate surface area is 195 Å². The van der Waals surface area contributed by atoms with Gasteiger partial charge >= 0.3 is 0 Å². The molecule has 1 heterocycles. The van der Waals surface area contributed by atoms with Crippen LogP contribution in [0.4, 0.5) is 5.69 Å². The lowest BCUT2D eigenvalue weighted by Crippen LogP contribution is -2.41. The Morgan fingerprint density at radius 2 is 1.73 bits per heavy atom. The summed E-state index contributed by atoms with van der Waals surface area (Å²) in [5, 5.41) is 2.90. The summed E-state index contributed by atoms with van der Waals surface area (Å²) >= 11 is 0. The van der Waals surface area contributed by atoms with Gasteiger partial charge in [-0.25, -0.2) is 8.42 Å². The molecule has 0 saturated heterocycles. The Morgan fingerprint density at radius 3 is 2.42 bits per heavy atom. The van der Waals surface area contributed by atoms with Crippen LogP contribution in [0.15, 0.2) is 77.7 Å². The third kappa shape index (κ3) is 5.10. The Balaban J connectivity index is 1.63. The number of ether oxygens (including phenoxy) is 1. The van der Waals surface area contributed by atoms with Crippen molar-refractivity contribution < 1.29 is 17.9 Å². The molecule has 1 aliphatic heterocycles. The molecule has 0 spiro atoms. The lowest BCUT2D eigenvalue weighted by atomic mass is 9.92. The van der Waals surface area contributed by atoms with Crippen LogP contribution in [0.2, 0.25) is 0 Å². The molecule has 6 nitrogen and oxygen atoms in total. The van der Waals surface area contributed by atoms with Gasteiger partial charge in [-0.2, -0.15) is 4.31 Å². The van der Waals surface area contributed by atoms with Gasteiger partial charge in [0.15, 0.2) is 0 Å². The van der Waals surface area contributed by atoms with E-state index in [1.54, 1.807) is 24.3 Å².